The fourth-order valence-electron chi connectivity index (χ4n) is 1.57. The number of carbonyl (C=O) groups excluding carboxylic acids is 1. The van der Waals surface area contributed by atoms with Crippen LogP contribution in [0.2, 0.25) is 0 Å². The molecule has 0 saturated heterocycles. The molecular formula is C14H10F3NO3. The minimum Gasteiger partial charge on any atom is -0.503 e. The Kier molecular flexibility index (Phi) is 4.44. The first-order chi connectivity index (χ1) is 10.0. The second-order valence-corrected chi connectivity index (χ2v) is 4.09. The van der Waals surface area contributed by atoms with Gasteiger partial charge in [-0.1, -0.05) is 30.3 Å². The Morgan fingerprint density at radius 2 is 1.81 bits per heavy atom. The zero-order valence-electron chi connectivity index (χ0n) is 10.6. The van der Waals surface area contributed by atoms with Gasteiger partial charge in [0.25, 0.3) is 5.91 Å². The fourth-order valence-corrected chi connectivity index (χ4v) is 1.57. The molecular weight excluding hydrogens is 287 g/mol. The molecule has 110 valence electrons. The fraction of sp³-hybridized carbons (Fsp3) is 0.0714. The molecule has 0 spiro atoms. The van der Waals surface area contributed by atoms with E-state index in [1.807, 2.05) is 5.48 Å². The summed E-state index contributed by atoms with van der Waals surface area (Å²) >= 11 is 0. The number of rotatable bonds is 4. The second kappa shape index (κ2) is 6.27. The maximum atomic E-state index is 13.5. The summed E-state index contributed by atoms with van der Waals surface area (Å²) in [5.74, 6) is -7.55. The van der Waals surface area contributed by atoms with Crippen LogP contribution in [0.4, 0.5) is 13.2 Å². The monoisotopic (exact) mass is 297 g/mol. The van der Waals surface area contributed by atoms with Gasteiger partial charge in [-0.25, -0.2) is 14.3 Å². The lowest BCUT2D eigenvalue weighted by atomic mass is 10.1. The van der Waals surface area contributed by atoms with Gasteiger partial charge < -0.3 is 5.11 Å². The zero-order valence-corrected chi connectivity index (χ0v) is 10.6. The minimum absolute atomic E-state index is 0.00383. The van der Waals surface area contributed by atoms with Crippen molar-refractivity contribution in [2.24, 2.45) is 0 Å². The summed E-state index contributed by atoms with van der Waals surface area (Å²) in [5, 5.41) is 9.01. The van der Waals surface area contributed by atoms with Crippen molar-refractivity contribution < 1.29 is 27.9 Å². The van der Waals surface area contributed by atoms with Crippen LogP contribution in [0.3, 0.4) is 0 Å². The number of phenolic OH excluding ortho intramolecular Hbond substituents is 1. The average Bonchev–Trinajstić information content (AvgIpc) is 2.49. The van der Waals surface area contributed by atoms with Crippen molar-refractivity contribution in [1.82, 2.24) is 5.48 Å². The Morgan fingerprint density at radius 1 is 1.14 bits per heavy atom. The Bertz CT molecular complexity index is 662. The Morgan fingerprint density at radius 3 is 2.48 bits per heavy atom. The van der Waals surface area contributed by atoms with E-state index in [9.17, 15) is 18.0 Å². The van der Waals surface area contributed by atoms with Crippen molar-refractivity contribution in [3.63, 3.8) is 0 Å². The summed E-state index contributed by atoms with van der Waals surface area (Å²) in [6.07, 6.45) is 0. The number of amides is 1. The topological polar surface area (TPSA) is 58.6 Å². The van der Waals surface area contributed by atoms with Gasteiger partial charge in [-0.3, -0.25) is 9.63 Å². The summed E-state index contributed by atoms with van der Waals surface area (Å²) in [6, 6.07) is 9.11. The van der Waals surface area contributed by atoms with Crippen LogP contribution in [0.15, 0.2) is 36.4 Å². The van der Waals surface area contributed by atoms with Crippen LogP contribution in [0, 0.1) is 17.5 Å². The molecule has 0 atom stereocenters. The molecule has 0 aliphatic rings. The van der Waals surface area contributed by atoms with Gasteiger partial charge in [-0.15, -0.1) is 0 Å². The molecule has 0 saturated carbocycles. The van der Waals surface area contributed by atoms with Crippen LogP contribution in [0.1, 0.15) is 15.9 Å². The maximum absolute atomic E-state index is 13.5. The van der Waals surface area contributed by atoms with E-state index in [4.69, 9.17) is 9.94 Å². The predicted octanol–water partition coefficient (Wildman–Crippen LogP) is 2.67. The van der Waals surface area contributed by atoms with E-state index in [1.54, 1.807) is 30.3 Å². The number of hydrogen-bond donors (Lipinski definition) is 2. The van der Waals surface area contributed by atoms with Crippen molar-refractivity contribution in [3.05, 3.63) is 65.0 Å². The molecule has 1 amide bonds. The third-order valence-electron chi connectivity index (χ3n) is 2.62. The summed E-state index contributed by atoms with van der Waals surface area (Å²) in [4.78, 5) is 16.4. The van der Waals surface area contributed by atoms with E-state index in [2.05, 4.69) is 0 Å². The highest BCUT2D eigenvalue weighted by molar-refractivity contribution is 5.94. The molecule has 0 bridgehead atoms. The smallest absolute Gasteiger partial charge is 0.278 e. The number of hydroxylamine groups is 1. The molecule has 0 unspecified atom stereocenters. The first-order valence-electron chi connectivity index (χ1n) is 5.83. The molecule has 0 aliphatic carbocycles. The lowest BCUT2D eigenvalue weighted by molar-refractivity contribution is 0.0229. The van der Waals surface area contributed by atoms with Crippen molar-refractivity contribution in [3.8, 4) is 5.75 Å². The van der Waals surface area contributed by atoms with E-state index in [0.29, 0.717) is 6.07 Å². The zero-order chi connectivity index (χ0) is 15.4. The van der Waals surface area contributed by atoms with Gasteiger partial charge in [-0.05, 0) is 11.6 Å². The van der Waals surface area contributed by atoms with Crippen molar-refractivity contribution in [2.75, 3.05) is 0 Å². The van der Waals surface area contributed by atoms with Gasteiger partial charge in [0.1, 0.15) is 0 Å². The molecule has 21 heavy (non-hydrogen) atoms. The first-order valence-corrected chi connectivity index (χ1v) is 5.83. The third kappa shape index (κ3) is 3.32. The molecule has 2 aromatic carbocycles. The van der Waals surface area contributed by atoms with Gasteiger partial charge in [-0.2, -0.15) is 4.39 Å². The molecule has 2 N–H and O–H groups in total. The Labute approximate surface area is 117 Å². The number of hydrogen-bond acceptors (Lipinski definition) is 3. The Balaban J connectivity index is 2.04. The quantitative estimate of drug-likeness (QED) is 0.674. The van der Waals surface area contributed by atoms with Gasteiger partial charge in [0.15, 0.2) is 17.4 Å². The number of halogens is 3. The first kappa shape index (κ1) is 14.9. The summed E-state index contributed by atoms with van der Waals surface area (Å²) in [5.41, 5.74) is 1.76. The number of nitrogens with one attached hydrogen (secondary N) is 1. The van der Waals surface area contributed by atoms with E-state index in [-0.39, 0.29) is 6.61 Å². The van der Waals surface area contributed by atoms with Gasteiger partial charge >= 0.3 is 0 Å². The standard InChI is InChI=1S/C14H10F3NO3/c15-10-6-9(11(16)13(19)12(10)17)14(20)18-21-7-8-4-2-1-3-5-8/h1-6,19H,7H2,(H,18,20). The van der Waals surface area contributed by atoms with E-state index in [1.165, 1.54) is 0 Å². The van der Waals surface area contributed by atoms with E-state index < -0.39 is 34.7 Å². The number of phenols is 1. The van der Waals surface area contributed by atoms with Crippen LogP contribution in [0.5, 0.6) is 5.75 Å². The van der Waals surface area contributed by atoms with Crippen LogP contribution >= 0.6 is 0 Å². The largest absolute Gasteiger partial charge is 0.503 e. The van der Waals surface area contributed by atoms with Crippen LogP contribution in [-0.4, -0.2) is 11.0 Å². The molecule has 0 aromatic heterocycles. The molecule has 0 radical (unpaired) electrons. The van der Waals surface area contributed by atoms with Crippen molar-refractivity contribution in [1.29, 1.82) is 0 Å². The van der Waals surface area contributed by atoms with Crippen LogP contribution in [0.25, 0.3) is 0 Å². The lowest BCUT2D eigenvalue weighted by Gasteiger charge is -2.08. The molecule has 0 heterocycles. The van der Waals surface area contributed by atoms with Crippen molar-refractivity contribution in [2.45, 2.75) is 6.61 Å². The van der Waals surface area contributed by atoms with E-state index in [0.717, 1.165) is 5.56 Å². The molecule has 0 fully saturated rings. The molecule has 7 heteroatoms. The Hall–Kier alpha value is -2.54. The molecule has 4 nitrogen and oxygen atoms in total. The molecule has 2 aromatic rings. The SMILES string of the molecule is O=C(NOCc1ccccc1)c1cc(F)c(F)c(O)c1F. The lowest BCUT2D eigenvalue weighted by Crippen LogP contribution is -2.25. The minimum atomic E-state index is -1.76. The predicted molar refractivity (Wildman–Crippen MR) is 66.7 cm³/mol. The highest BCUT2D eigenvalue weighted by atomic mass is 19.2. The third-order valence-corrected chi connectivity index (χ3v) is 2.62. The van der Waals surface area contributed by atoms with Crippen molar-refractivity contribution >= 4 is 5.91 Å². The molecule has 2 rings (SSSR count). The normalized spacial score (nSPS) is 10.4. The summed E-state index contributed by atoms with van der Waals surface area (Å²) in [6.45, 7) is 0.00383. The summed E-state index contributed by atoms with van der Waals surface area (Å²) < 4.78 is 39.4. The van der Waals surface area contributed by atoms with E-state index >= 15 is 0 Å². The second-order valence-electron chi connectivity index (χ2n) is 4.09. The van der Waals surface area contributed by atoms with Gasteiger partial charge in [0.2, 0.25) is 5.82 Å². The van der Waals surface area contributed by atoms with Crippen LogP contribution in [-0.2, 0) is 11.4 Å². The van der Waals surface area contributed by atoms with Gasteiger partial charge in [0.05, 0.1) is 12.2 Å². The van der Waals surface area contributed by atoms with Gasteiger partial charge in [0, 0.05) is 0 Å². The summed E-state index contributed by atoms with van der Waals surface area (Å²) in [7, 11) is 0. The van der Waals surface area contributed by atoms with Crippen LogP contribution < -0.4 is 5.48 Å². The number of benzene rings is 2. The molecule has 0 aliphatic heterocycles. The number of carbonyl (C=O) groups is 1. The average molecular weight is 297 g/mol. The maximum Gasteiger partial charge on any atom is 0.278 e. The highest BCUT2D eigenvalue weighted by Crippen LogP contribution is 2.25. The number of aromatic hydroxyl groups is 1. The highest BCUT2D eigenvalue weighted by Gasteiger charge is 2.22.